The number of carboxylic acids is 2. The van der Waals surface area contributed by atoms with Crippen LogP contribution in [-0.2, 0) is 36.3 Å². The van der Waals surface area contributed by atoms with Crippen molar-refractivity contribution in [3.05, 3.63) is 75.4 Å². The average molecular weight is 719 g/mol. The summed E-state index contributed by atoms with van der Waals surface area (Å²) in [6.45, 7) is 12.8. The Morgan fingerprint density at radius 2 is 1.73 bits per heavy atom. The van der Waals surface area contributed by atoms with Crippen LogP contribution >= 0.6 is 7.82 Å². The molecule has 5 rings (SSSR count). The Bertz CT molecular complexity index is 2190. The molecule has 8 bridgehead atoms. The number of carbonyl (C=O) groups excluding carboxylic acids is 1. The Hall–Kier alpha value is -4.88. The number of rotatable bonds is 12. The van der Waals surface area contributed by atoms with Crippen LogP contribution in [0.15, 0.2) is 24.8 Å². The fourth-order valence-electron chi connectivity index (χ4n) is 6.95. The van der Waals surface area contributed by atoms with Gasteiger partial charge in [0.2, 0.25) is 5.91 Å². The molecule has 0 fully saturated rings. The van der Waals surface area contributed by atoms with Crippen molar-refractivity contribution < 1.29 is 43.5 Å². The Morgan fingerprint density at radius 1 is 1.04 bits per heavy atom. The summed E-state index contributed by atoms with van der Waals surface area (Å²) in [5.74, 6) is -3.78. The number of nitrogens with one attached hydrogen (secondary N) is 3. The van der Waals surface area contributed by atoms with Crippen LogP contribution < -0.4 is 10.2 Å². The molecule has 0 radical (unpaired) electrons. The van der Waals surface area contributed by atoms with Gasteiger partial charge in [-0.2, -0.15) is 0 Å². The van der Waals surface area contributed by atoms with Gasteiger partial charge in [-0.15, -0.1) is 0 Å². The highest BCUT2D eigenvalue weighted by atomic mass is 31.2. The molecule has 0 saturated carbocycles. The quantitative estimate of drug-likeness (QED) is 0.107. The van der Waals surface area contributed by atoms with E-state index in [4.69, 9.17) is 14.9 Å². The maximum Gasteiger partial charge on any atom is 0.338 e. The van der Waals surface area contributed by atoms with E-state index in [1.807, 2.05) is 39.8 Å². The summed E-state index contributed by atoms with van der Waals surface area (Å²) in [7, 11) is -5.01. The molecule has 0 aliphatic carbocycles. The molecule has 3 aromatic heterocycles. The van der Waals surface area contributed by atoms with Crippen molar-refractivity contribution in [3.63, 3.8) is 0 Å². The van der Waals surface area contributed by atoms with Gasteiger partial charge in [0, 0.05) is 63.7 Å². The van der Waals surface area contributed by atoms with E-state index >= 15 is 0 Å². The molecular weight excluding hydrogens is 677 g/mol. The number of aryl methyl sites for hydroxylation is 3. The van der Waals surface area contributed by atoms with Crippen LogP contribution in [0.5, 0.6) is 0 Å². The Labute approximate surface area is 294 Å². The van der Waals surface area contributed by atoms with E-state index in [0.29, 0.717) is 29.1 Å². The number of allylic oxidation sites excluding steroid dienone is 1. The van der Waals surface area contributed by atoms with E-state index < -0.39 is 44.6 Å². The van der Waals surface area contributed by atoms with Crippen molar-refractivity contribution in [2.24, 2.45) is 0 Å². The third kappa shape index (κ3) is 7.74. The second-order valence-electron chi connectivity index (χ2n) is 12.7. The number of carboxylic acid groups (broad SMARTS) is 2. The number of phosphoric acid groups is 1. The molecular formula is C36H41N5O9P-. The van der Waals surface area contributed by atoms with E-state index in [1.54, 1.807) is 19.1 Å². The van der Waals surface area contributed by atoms with Gasteiger partial charge in [0.25, 0.3) is 7.82 Å². The van der Waals surface area contributed by atoms with Crippen molar-refractivity contribution in [3.8, 4) is 0 Å². The zero-order chi connectivity index (χ0) is 37.4. The van der Waals surface area contributed by atoms with Crippen LogP contribution in [0.25, 0.3) is 39.3 Å². The summed E-state index contributed by atoms with van der Waals surface area (Å²) in [6, 6.07) is 5.68. The first-order chi connectivity index (χ1) is 24.0. The van der Waals surface area contributed by atoms with Crippen LogP contribution in [0.4, 0.5) is 0 Å². The van der Waals surface area contributed by atoms with Gasteiger partial charge in [-0.05, 0) is 74.1 Å². The smallest absolute Gasteiger partial charge is 0.338 e. The zero-order valence-corrected chi connectivity index (χ0v) is 29.9. The van der Waals surface area contributed by atoms with Gasteiger partial charge in [-0.1, -0.05) is 26.5 Å². The molecule has 6 N–H and O–H groups in total. The van der Waals surface area contributed by atoms with Gasteiger partial charge < -0.3 is 39.8 Å². The molecule has 14 nitrogen and oxygen atoms in total. The van der Waals surface area contributed by atoms with E-state index in [9.17, 15) is 34.1 Å². The highest BCUT2D eigenvalue weighted by molar-refractivity contribution is 7.44. The molecule has 2 aliphatic rings. The highest BCUT2D eigenvalue weighted by Gasteiger charge is 2.35. The summed E-state index contributed by atoms with van der Waals surface area (Å²) in [5, 5.41) is 22.7. The minimum Gasteiger partial charge on any atom is -0.756 e. The second kappa shape index (κ2) is 14.8. The second-order valence-corrected chi connectivity index (χ2v) is 13.9. The first-order valence-corrected chi connectivity index (χ1v) is 18.0. The molecule has 2 aliphatic heterocycles. The third-order valence-corrected chi connectivity index (χ3v) is 10.1. The van der Waals surface area contributed by atoms with Crippen molar-refractivity contribution in [1.82, 2.24) is 25.3 Å². The maximum absolute atomic E-state index is 13.4. The van der Waals surface area contributed by atoms with Gasteiger partial charge in [-0.3, -0.25) is 19.1 Å². The maximum atomic E-state index is 13.4. The molecule has 3 unspecified atom stereocenters. The van der Waals surface area contributed by atoms with Crippen LogP contribution in [-0.4, -0.2) is 66.0 Å². The molecule has 0 aromatic carbocycles. The summed E-state index contributed by atoms with van der Waals surface area (Å²) in [4.78, 5) is 74.9. The van der Waals surface area contributed by atoms with Crippen LogP contribution in [0.1, 0.15) is 96.0 Å². The number of fused-ring (bicyclic) bond motifs is 8. The van der Waals surface area contributed by atoms with Crippen LogP contribution in [0.3, 0.4) is 0 Å². The number of H-pyrrole nitrogens is 2. The number of aromatic nitrogens is 4. The standard InChI is InChI=1S/C36H42N5O9P/c1-7-21-17(3)25-14-27-19(5)23(9-10-32(43)44)34(40-27)24(13-31(42)37-11-12-50-51(47,48)49)35-33(36(45)46)20(6)28(41-35)16-30-22(8-2)18(4)26(39-30)15-29(21)38-25/h7,14-16,19,23,38-39H,1,8-13H2,2-6H3,(H,37,42)(H,43,44)(H,45,46)(H2,47,48,49)/p-1. The van der Waals surface area contributed by atoms with E-state index in [2.05, 4.69) is 26.4 Å². The summed E-state index contributed by atoms with van der Waals surface area (Å²) >= 11 is 0. The molecule has 0 saturated heterocycles. The number of aromatic amines is 2. The van der Waals surface area contributed by atoms with Gasteiger partial charge in [0.1, 0.15) is 0 Å². The number of amides is 1. The lowest BCUT2D eigenvalue weighted by atomic mass is 9.84. The lowest BCUT2D eigenvalue weighted by Gasteiger charge is -2.18. The summed E-state index contributed by atoms with van der Waals surface area (Å²) in [5.41, 5.74) is 8.78. The molecule has 270 valence electrons. The van der Waals surface area contributed by atoms with E-state index in [-0.39, 0.29) is 42.1 Å². The van der Waals surface area contributed by atoms with Gasteiger partial charge in [0.15, 0.2) is 0 Å². The first kappa shape index (κ1) is 37.4. The predicted molar refractivity (Wildman–Crippen MR) is 191 cm³/mol. The molecule has 51 heavy (non-hydrogen) atoms. The van der Waals surface area contributed by atoms with E-state index in [1.165, 1.54) is 0 Å². The minimum atomic E-state index is -5.01. The zero-order valence-electron chi connectivity index (χ0n) is 29.0. The number of nitrogens with zero attached hydrogens (tertiary/aromatic N) is 2. The number of aliphatic carboxylic acids is 2. The lowest BCUT2D eigenvalue weighted by Crippen LogP contribution is -2.29. The van der Waals surface area contributed by atoms with Gasteiger partial charge >= 0.3 is 11.9 Å². The Kier molecular flexibility index (Phi) is 10.8. The largest absolute Gasteiger partial charge is 0.756 e. The third-order valence-electron chi connectivity index (χ3n) is 9.63. The number of hydrogen-bond acceptors (Lipinski definition) is 8. The topological polar surface area (TPSA) is 231 Å². The average Bonchev–Trinajstić information content (AvgIpc) is 3.73. The molecule has 15 heteroatoms. The molecule has 3 aromatic rings. The number of hydrogen-bond donors (Lipinski definition) is 6. The normalized spacial score (nSPS) is 16.9. The van der Waals surface area contributed by atoms with Gasteiger partial charge in [0.05, 0.1) is 35.7 Å². The number of phosphoric ester groups is 1. The SMILES string of the molecule is C=Cc1c(C)c2cc3nc(c(CC(=O)NCCOP(=O)([O-])O)c4nc(cc5[nH]c(cc1[nH]2)c(C)c5CC)C(C)=C4C(=O)O)C(CCC(=O)O)C3C. The fourth-order valence-corrected chi connectivity index (χ4v) is 7.27. The van der Waals surface area contributed by atoms with Gasteiger partial charge in [-0.25, -0.2) is 9.78 Å². The first-order valence-electron chi connectivity index (χ1n) is 16.5. The molecule has 0 spiro atoms. The summed E-state index contributed by atoms with van der Waals surface area (Å²) in [6.07, 6.45) is 1.98. The fraction of sp³-hybridized carbons (Fsp3) is 0.361. The van der Waals surface area contributed by atoms with Crippen LogP contribution in [0.2, 0.25) is 0 Å². The highest BCUT2D eigenvalue weighted by Crippen LogP contribution is 2.44. The monoisotopic (exact) mass is 718 g/mol. The molecule has 3 atom stereocenters. The van der Waals surface area contributed by atoms with Crippen molar-refractivity contribution >= 4 is 65.0 Å². The molecule has 1 amide bonds. The number of carbonyl (C=O) groups is 3. The summed E-state index contributed by atoms with van der Waals surface area (Å²) < 4.78 is 15.4. The minimum absolute atomic E-state index is 0.0251. The van der Waals surface area contributed by atoms with Crippen LogP contribution in [0, 0.1) is 13.8 Å². The Balaban J connectivity index is 1.90. The van der Waals surface area contributed by atoms with Crippen molar-refractivity contribution in [2.75, 3.05) is 13.2 Å². The van der Waals surface area contributed by atoms with Crippen molar-refractivity contribution in [2.45, 2.75) is 72.1 Å². The van der Waals surface area contributed by atoms with Crippen molar-refractivity contribution in [1.29, 1.82) is 0 Å². The Morgan fingerprint density at radius 3 is 2.35 bits per heavy atom. The van der Waals surface area contributed by atoms with E-state index in [0.717, 1.165) is 44.3 Å². The molecule has 5 heterocycles. The predicted octanol–water partition coefficient (Wildman–Crippen LogP) is 5.04. The lowest BCUT2D eigenvalue weighted by molar-refractivity contribution is -0.219.